The van der Waals surface area contributed by atoms with Gasteiger partial charge in [0.2, 0.25) is 0 Å². The van der Waals surface area contributed by atoms with Gasteiger partial charge in [-0.2, -0.15) is 0 Å². The summed E-state index contributed by atoms with van der Waals surface area (Å²) in [6.07, 6.45) is 0. The third-order valence-electron chi connectivity index (χ3n) is 0.103. The summed E-state index contributed by atoms with van der Waals surface area (Å²) >= 11 is -2.06. The van der Waals surface area contributed by atoms with Crippen LogP contribution in [0.4, 0.5) is 0 Å². The molecular weight excluding hydrogens is 439 g/mol. The second kappa shape index (κ2) is 19.4. The van der Waals surface area contributed by atoms with Gasteiger partial charge in [-0.3, -0.25) is 0 Å². The molecule has 0 aromatic heterocycles. The molecule has 17 heteroatoms. The molecule has 0 atom stereocenters. The van der Waals surface area contributed by atoms with Crippen molar-refractivity contribution in [3.05, 3.63) is 50.9 Å². The average Bonchev–Trinajstić information content (AvgIpc) is 1.78. The van der Waals surface area contributed by atoms with Crippen LogP contribution >= 0.6 is 0 Å². The zero-order valence-electron chi connectivity index (χ0n) is 7.60. The van der Waals surface area contributed by atoms with Gasteiger partial charge in [0.25, 0.3) is 0 Å². The van der Waals surface area contributed by atoms with Crippen LogP contribution in [0.25, 0.3) is 0 Å². The molecule has 0 spiro atoms. The molecule has 0 rings (SSSR count). The van der Waals surface area contributed by atoms with Crippen LogP contribution in [0.15, 0.2) is 0 Å². The molecule has 0 aliphatic heterocycles. The first-order valence-electron chi connectivity index (χ1n) is 2.11. The van der Waals surface area contributed by atoms with Crippen LogP contribution < -0.4 is 12.3 Å². The van der Waals surface area contributed by atoms with Crippen molar-refractivity contribution in [2.45, 2.75) is 0 Å². The van der Waals surface area contributed by atoms with Crippen LogP contribution in [-0.4, -0.2) is 17.1 Å². The van der Waals surface area contributed by atoms with Gasteiger partial charge in [0.15, 0.2) is 0 Å². The van der Waals surface area contributed by atoms with Gasteiger partial charge < -0.3 is 42.9 Å². The van der Waals surface area contributed by atoms with Gasteiger partial charge in [-0.15, -0.1) is 0 Å². The number of rotatable bonds is 2. The second-order valence-corrected chi connectivity index (χ2v) is 3.00. The topological polar surface area (TPSA) is 289 Å². The van der Waals surface area contributed by atoms with E-state index in [-0.39, 0.29) is 12.3 Å². The molecule has 0 bridgehead atoms. The van der Waals surface area contributed by atoms with E-state index in [0.29, 0.717) is 0 Å². The number of hydrogen-bond donors (Lipinski definition) is 2. The van der Waals surface area contributed by atoms with Crippen LogP contribution in [0.1, 0.15) is 0 Å². The third-order valence-corrected chi connectivity index (χ3v) is 0.845. The van der Waals surface area contributed by atoms with Crippen LogP contribution in [0.3, 0.4) is 0 Å². The van der Waals surface area contributed by atoms with E-state index in [1.165, 1.54) is 0 Å². The standard InChI is InChI=1S/2NO3.2NO2.2H3N.Pt/c2*2-1(3)4;2*2-1-3;;;/h;;;;2*1H3;/q2*-1;;;;;+2. The van der Waals surface area contributed by atoms with Crippen molar-refractivity contribution in [1.82, 2.24) is 12.3 Å². The quantitative estimate of drug-likeness (QED) is 0.394. The van der Waals surface area contributed by atoms with Gasteiger partial charge in [0.1, 0.15) is 0 Å². The summed E-state index contributed by atoms with van der Waals surface area (Å²) in [6.45, 7) is 0. The molecule has 16 nitrogen and oxygen atoms in total. The summed E-state index contributed by atoms with van der Waals surface area (Å²) in [5.41, 5.74) is 0. The summed E-state index contributed by atoms with van der Waals surface area (Å²) in [4.78, 5) is 34.9. The molecule has 0 aliphatic carbocycles. The molecule has 0 saturated carbocycles. The maximum atomic E-state index is 9.22. The fraction of sp³-hybridized carbons (Fsp3) is 0. The van der Waals surface area contributed by atoms with E-state index in [1.54, 1.807) is 0 Å². The summed E-state index contributed by atoms with van der Waals surface area (Å²) in [7, 11) is 0. The van der Waals surface area contributed by atoms with Crippen molar-refractivity contribution in [1.29, 1.82) is 0 Å². The Morgan fingerprint density at radius 1 is 0.588 bits per heavy atom. The third kappa shape index (κ3) is 589. The van der Waals surface area contributed by atoms with Crippen molar-refractivity contribution in [2.24, 2.45) is 0 Å². The Morgan fingerprint density at radius 3 is 0.706 bits per heavy atom. The van der Waals surface area contributed by atoms with Gasteiger partial charge in [-0.05, 0) is 0 Å². The SMILES string of the molecule is N.N.O=[N+]([O-])[O-].O=[N+]([O-])[O-].O=[N+]([O-])[Pt+2][N+](=O)[O-]. The van der Waals surface area contributed by atoms with Crippen molar-refractivity contribution >= 4 is 0 Å². The van der Waals surface area contributed by atoms with Crippen LogP contribution in [-0.2, 0) is 19.1 Å². The van der Waals surface area contributed by atoms with Crippen molar-refractivity contribution in [3.63, 3.8) is 0 Å². The van der Waals surface area contributed by atoms with Crippen LogP contribution in [0.5, 0.6) is 0 Å². The van der Waals surface area contributed by atoms with E-state index in [0.717, 1.165) is 0 Å². The van der Waals surface area contributed by atoms with Crippen LogP contribution in [0, 0.1) is 50.9 Å². The molecule has 0 aromatic rings. The Balaban J connectivity index is -0.0000000425. The van der Waals surface area contributed by atoms with E-state index >= 15 is 0 Å². The minimum atomic E-state index is -2.06. The minimum absolute atomic E-state index is 0. The molecule has 6 N–H and O–H groups in total. The molecule has 0 heterocycles. The molecule has 0 fully saturated rings. The Kier molecular flexibility index (Phi) is 33.5. The molecule has 0 saturated heterocycles. The zero-order chi connectivity index (χ0) is 13.0. The Hall–Kier alpha value is -2.19. The molecule has 0 radical (unpaired) electrons. The molecule has 106 valence electrons. The predicted octanol–water partition coefficient (Wildman–Crippen LogP) is -0.702. The van der Waals surface area contributed by atoms with E-state index in [9.17, 15) is 20.2 Å². The second-order valence-electron chi connectivity index (χ2n) is 0.890. The van der Waals surface area contributed by atoms with Gasteiger partial charge in [-0.1, -0.05) is 0 Å². The van der Waals surface area contributed by atoms with Gasteiger partial charge >= 0.3 is 46.3 Å². The normalized spacial score (nSPS) is 6.35. The molecular formula is H6N6O10Pt. The van der Waals surface area contributed by atoms with Crippen molar-refractivity contribution < 1.29 is 36.2 Å². The Morgan fingerprint density at radius 2 is 0.706 bits per heavy atom. The molecule has 0 amide bonds. The zero-order valence-corrected chi connectivity index (χ0v) is 9.87. The monoisotopic (exact) mass is 445 g/mol. The first kappa shape index (κ1) is 29.3. The van der Waals surface area contributed by atoms with E-state index in [1.807, 2.05) is 0 Å². The summed E-state index contributed by atoms with van der Waals surface area (Å²) in [6, 6.07) is 0. The summed E-state index contributed by atoms with van der Waals surface area (Å²) in [5, 5.41) is 47.9. The van der Waals surface area contributed by atoms with E-state index < -0.39 is 36.2 Å². The van der Waals surface area contributed by atoms with Crippen molar-refractivity contribution in [2.75, 3.05) is 0 Å². The van der Waals surface area contributed by atoms with Gasteiger partial charge in [0.05, 0.1) is 10.2 Å². The molecule has 0 aliphatic rings. The number of hydrogen-bond acceptors (Lipinski definition) is 12. The molecule has 0 unspecified atom stereocenters. The fourth-order valence-corrected chi connectivity index (χ4v) is 0.345. The van der Waals surface area contributed by atoms with E-state index in [4.69, 9.17) is 30.6 Å². The summed E-state index contributed by atoms with van der Waals surface area (Å²) < 4.78 is -1.78. The number of nitrogens with zero attached hydrogens (tertiary/aromatic N) is 4. The summed E-state index contributed by atoms with van der Waals surface area (Å²) in [5.74, 6) is 0. The first-order valence-corrected chi connectivity index (χ1v) is 4.14. The number of nitro groups is 2. The Bertz CT molecular complexity index is 205. The van der Waals surface area contributed by atoms with Gasteiger partial charge in [0, 0.05) is 0 Å². The van der Waals surface area contributed by atoms with Crippen molar-refractivity contribution in [3.8, 4) is 0 Å². The molecule has 17 heavy (non-hydrogen) atoms. The van der Waals surface area contributed by atoms with Crippen LogP contribution in [0.2, 0.25) is 0 Å². The average molecular weight is 445 g/mol. The fourth-order valence-electron chi connectivity index (χ4n) is 0.0422. The van der Waals surface area contributed by atoms with Gasteiger partial charge in [-0.25, -0.2) is 0 Å². The Labute approximate surface area is 100 Å². The first-order chi connectivity index (χ1) is 6.59. The predicted molar refractivity (Wildman–Crippen MR) is 44.8 cm³/mol. The van der Waals surface area contributed by atoms with E-state index in [2.05, 4.69) is 0 Å². The maximum absolute atomic E-state index is 9.22. The molecule has 0 aromatic carbocycles.